The summed E-state index contributed by atoms with van der Waals surface area (Å²) < 4.78 is 8.65. The second-order valence-electron chi connectivity index (χ2n) is 21.4. The van der Waals surface area contributed by atoms with Gasteiger partial charge in [0.05, 0.1) is 22.7 Å². The van der Waals surface area contributed by atoms with Crippen molar-refractivity contribution in [2.45, 2.75) is 113 Å². The lowest BCUT2D eigenvalue weighted by atomic mass is 9.35. The molecule has 0 atom stereocenters. The topological polar surface area (TPSA) is 19.6 Å². The van der Waals surface area contributed by atoms with Crippen molar-refractivity contribution in [3.05, 3.63) is 148 Å². The minimum atomic E-state index is -0.121. The number of hydrogen-bond donors (Lipinski definition) is 0. The molecule has 2 aromatic heterocycles. The summed E-state index contributed by atoms with van der Waals surface area (Å²) in [5, 5.41) is 2.45. The van der Waals surface area contributed by atoms with Crippen molar-refractivity contribution in [1.82, 2.24) is 0 Å². The van der Waals surface area contributed by atoms with Crippen LogP contribution in [0.1, 0.15) is 107 Å². The first-order chi connectivity index (χ1) is 29.2. The fourth-order valence-electron chi connectivity index (χ4n) is 10.3. The van der Waals surface area contributed by atoms with Gasteiger partial charge in [0.25, 0.3) is 6.71 Å². The van der Waals surface area contributed by atoms with E-state index in [1.54, 1.807) is 0 Å². The molecule has 6 aromatic carbocycles. The predicted molar refractivity (Wildman–Crippen MR) is 271 cm³/mol. The number of rotatable bonds is 3. The van der Waals surface area contributed by atoms with Crippen LogP contribution in [0.15, 0.2) is 108 Å². The molecule has 0 bridgehead atoms. The van der Waals surface area contributed by atoms with Gasteiger partial charge in [-0.2, -0.15) is 0 Å². The van der Waals surface area contributed by atoms with Gasteiger partial charge in [-0.05, 0) is 160 Å². The Morgan fingerprint density at radius 3 is 1.66 bits per heavy atom. The fourth-order valence-corrected chi connectivity index (χ4v) is 11.4. The fraction of sp³-hybridized carbons (Fsp3) is 0.298. The first-order valence-electron chi connectivity index (χ1n) is 22.4. The second kappa shape index (κ2) is 13.7. The third-order valence-corrected chi connectivity index (χ3v) is 14.7. The Morgan fingerprint density at radius 2 is 1.08 bits per heavy atom. The Morgan fingerprint density at radius 1 is 0.516 bits per heavy atom. The summed E-state index contributed by atoms with van der Waals surface area (Å²) in [6, 6.07) is 39.8. The Labute approximate surface area is 373 Å². The van der Waals surface area contributed by atoms with Crippen LogP contribution >= 0.6 is 11.3 Å². The molecule has 0 amide bonds. The quantitative estimate of drug-likeness (QED) is 0.165. The highest BCUT2D eigenvalue weighted by Gasteiger charge is 2.48. The molecular weight excluding hydrogens is 772 g/mol. The summed E-state index contributed by atoms with van der Waals surface area (Å²) in [5.74, 6) is 0. The minimum absolute atomic E-state index is 0.0236. The number of thiophene rings is 1. The normalized spacial score (nSPS) is 13.9. The Balaban J connectivity index is 1.33. The van der Waals surface area contributed by atoms with Crippen LogP contribution in [0.3, 0.4) is 0 Å². The molecule has 2 aliphatic heterocycles. The molecule has 0 radical (unpaired) electrons. The predicted octanol–water partition coefficient (Wildman–Crippen LogP) is 14.8. The van der Waals surface area contributed by atoms with E-state index in [0.29, 0.717) is 0 Å². The molecule has 10 rings (SSSR count). The monoisotopic (exact) mass is 830 g/mol. The molecule has 2 aliphatic rings. The number of furan rings is 1. The highest BCUT2D eigenvalue weighted by atomic mass is 32.1. The van der Waals surface area contributed by atoms with Gasteiger partial charge in [0.2, 0.25) is 0 Å². The zero-order valence-corrected chi connectivity index (χ0v) is 39.9. The van der Waals surface area contributed by atoms with Gasteiger partial charge in [-0.3, -0.25) is 0 Å². The van der Waals surface area contributed by atoms with E-state index in [1.807, 2.05) is 11.3 Å². The molecule has 0 spiro atoms. The summed E-state index contributed by atoms with van der Waals surface area (Å²) >= 11 is 1.87. The van der Waals surface area contributed by atoms with E-state index in [4.69, 9.17) is 4.42 Å². The summed E-state index contributed by atoms with van der Waals surface area (Å²) in [6.07, 6.45) is 0. The SMILES string of the molecule is Cc1cc2c3c(c1)N(c1c(C)cc(C(C)(C)C)cc1C)c1c(oc4ccc(C(C)(C)C)cc14)B3c1ccc(-c3cc4ccccc4s3)cc1N2c1c(C)cc(C(C)(C)C)cc1C. The molecule has 4 heterocycles. The van der Waals surface area contributed by atoms with E-state index < -0.39 is 0 Å². The Bertz CT molecular complexity index is 3080. The average Bonchev–Trinajstić information content (AvgIpc) is 3.79. The largest absolute Gasteiger partial charge is 0.468 e. The smallest absolute Gasteiger partial charge is 0.297 e. The zero-order chi connectivity index (χ0) is 43.9. The maximum Gasteiger partial charge on any atom is 0.297 e. The van der Waals surface area contributed by atoms with Gasteiger partial charge in [0.1, 0.15) is 5.58 Å². The standard InChI is InChI=1S/C57H59BN2OS/c1-32-23-45-50-46(24-32)60(52-35(4)27-41(28-36(52)5)57(12,13)14)53-42-31-39(55(6,7)8)20-22-47(42)61-54(53)58(50)43-21-19-38(49-30-37-17-15-16-18-48(37)62-49)29-44(43)59(45)51-33(2)25-40(26-34(51)3)56(9,10)11/h15-31H,1-14H3. The van der Waals surface area contributed by atoms with Crippen molar-refractivity contribution < 1.29 is 4.42 Å². The highest BCUT2D eigenvalue weighted by molar-refractivity contribution is 7.22. The summed E-state index contributed by atoms with van der Waals surface area (Å²) in [7, 11) is 0. The van der Waals surface area contributed by atoms with E-state index in [2.05, 4.69) is 210 Å². The van der Waals surface area contributed by atoms with Crippen molar-refractivity contribution in [3.8, 4) is 10.4 Å². The lowest BCUT2D eigenvalue weighted by molar-refractivity contribution is 0.589. The van der Waals surface area contributed by atoms with E-state index >= 15 is 0 Å². The van der Waals surface area contributed by atoms with Gasteiger partial charge in [-0.1, -0.05) is 123 Å². The first kappa shape index (κ1) is 40.6. The van der Waals surface area contributed by atoms with Crippen molar-refractivity contribution >= 4 is 89.8 Å². The van der Waals surface area contributed by atoms with E-state index in [-0.39, 0.29) is 23.0 Å². The molecular formula is C57H59BN2OS. The van der Waals surface area contributed by atoms with Gasteiger partial charge >= 0.3 is 0 Å². The Hall–Kier alpha value is -5.52. The van der Waals surface area contributed by atoms with Crippen LogP contribution in [-0.4, -0.2) is 6.71 Å². The van der Waals surface area contributed by atoms with Gasteiger partial charge in [-0.15, -0.1) is 11.3 Å². The lowest BCUT2D eigenvalue weighted by Crippen LogP contribution is -2.61. The second-order valence-corrected chi connectivity index (χ2v) is 22.5. The minimum Gasteiger partial charge on any atom is -0.468 e. The van der Waals surface area contributed by atoms with Gasteiger partial charge in [0.15, 0.2) is 0 Å². The van der Waals surface area contributed by atoms with Crippen LogP contribution < -0.4 is 26.4 Å². The number of hydrogen-bond acceptors (Lipinski definition) is 4. The average molecular weight is 831 g/mol. The summed E-state index contributed by atoms with van der Waals surface area (Å²) in [6.45, 7) is 32.2. The van der Waals surface area contributed by atoms with Crippen LogP contribution in [0.2, 0.25) is 0 Å². The molecule has 0 saturated carbocycles. The third kappa shape index (κ3) is 6.28. The van der Waals surface area contributed by atoms with E-state index in [1.165, 1.54) is 104 Å². The number of nitrogens with zero attached hydrogens (tertiary/aromatic N) is 2. The molecule has 3 nitrogen and oxygen atoms in total. The van der Waals surface area contributed by atoms with E-state index in [0.717, 1.165) is 22.3 Å². The molecule has 0 aliphatic carbocycles. The first-order valence-corrected chi connectivity index (χ1v) is 23.2. The van der Waals surface area contributed by atoms with Crippen LogP contribution in [-0.2, 0) is 16.2 Å². The number of anilines is 6. The van der Waals surface area contributed by atoms with Crippen LogP contribution in [0.5, 0.6) is 0 Å². The maximum absolute atomic E-state index is 7.34. The van der Waals surface area contributed by atoms with Gasteiger partial charge in [-0.25, -0.2) is 0 Å². The molecule has 0 unspecified atom stereocenters. The van der Waals surface area contributed by atoms with Crippen molar-refractivity contribution in [2.24, 2.45) is 0 Å². The van der Waals surface area contributed by atoms with E-state index in [9.17, 15) is 0 Å². The molecule has 312 valence electrons. The summed E-state index contributed by atoms with van der Waals surface area (Å²) in [4.78, 5) is 6.47. The molecule has 0 saturated heterocycles. The summed E-state index contributed by atoms with van der Waals surface area (Å²) in [5.41, 5.74) is 23.3. The van der Waals surface area contributed by atoms with Crippen molar-refractivity contribution in [2.75, 3.05) is 9.80 Å². The number of aryl methyl sites for hydroxylation is 5. The third-order valence-electron chi connectivity index (χ3n) is 13.5. The molecule has 0 N–H and O–H groups in total. The molecule has 0 fully saturated rings. The zero-order valence-electron chi connectivity index (χ0n) is 39.1. The lowest BCUT2D eigenvalue weighted by Gasteiger charge is -2.44. The maximum atomic E-state index is 7.34. The van der Waals surface area contributed by atoms with Crippen LogP contribution in [0.4, 0.5) is 34.1 Å². The van der Waals surface area contributed by atoms with Crippen LogP contribution in [0, 0.1) is 34.6 Å². The molecule has 5 heteroatoms. The van der Waals surface area contributed by atoms with Crippen molar-refractivity contribution in [1.29, 1.82) is 0 Å². The molecule has 62 heavy (non-hydrogen) atoms. The van der Waals surface area contributed by atoms with Gasteiger partial charge < -0.3 is 14.2 Å². The number of benzene rings is 6. The van der Waals surface area contributed by atoms with Crippen LogP contribution in [0.25, 0.3) is 31.5 Å². The highest BCUT2D eigenvalue weighted by Crippen LogP contribution is 2.51. The van der Waals surface area contributed by atoms with Gasteiger partial charge in [0, 0.05) is 32.0 Å². The molecule has 8 aromatic rings. The van der Waals surface area contributed by atoms with Crippen molar-refractivity contribution in [3.63, 3.8) is 0 Å². The Kier molecular flexibility index (Phi) is 8.99. The number of fused-ring (bicyclic) bond motifs is 7.